The van der Waals surface area contributed by atoms with Gasteiger partial charge in [-0.15, -0.1) is 0 Å². The number of ether oxygens (including phenoxy) is 2. The molecule has 39 heavy (non-hydrogen) atoms. The van der Waals surface area contributed by atoms with Gasteiger partial charge in [-0.05, 0) is 17.7 Å². The number of aromatic hydroxyl groups is 1. The van der Waals surface area contributed by atoms with Crippen LogP contribution in [0.1, 0.15) is 12.0 Å². The quantitative estimate of drug-likeness (QED) is 0.152. The van der Waals surface area contributed by atoms with Crippen molar-refractivity contribution in [3.8, 4) is 11.5 Å². The van der Waals surface area contributed by atoms with Gasteiger partial charge in [-0.25, -0.2) is 9.59 Å². The Morgan fingerprint density at radius 2 is 1.85 bits per heavy atom. The highest BCUT2D eigenvalue weighted by atomic mass is 16.7. The average Bonchev–Trinajstić information content (AvgIpc) is 3.24. The number of allylic oxidation sites excluding steroid dienone is 2. The summed E-state index contributed by atoms with van der Waals surface area (Å²) in [4.78, 5) is 34.7. The van der Waals surface area contributed by atoms with Gasteiger partial charge < -0.3 is 60.4 Å². The number of aliphatic carboxylic acids is 3. The zero-order valence-electron chi connectivity index (χ0n) is 20.1. The van der Waals surface area contributed by atoms with Gasteiger partial charge in [0.25, 0.3) is 0 Å². The van der Waals surface area contributed by atoms with Crippen molar-refractivity contribution in [2.24, 2.45) is 0 Å². The van der Waals surface area contributed by atoms with Gasteiger partial charge in [0, 0.05) is 24.5 Å². The van der Waals surface area contributed by atoms with Crippen LogP contribution in [0.4, 0.5) is 5.69 Å². The molecule has 7 atom stereocenters. The molecule has 1 saturated heterocycles. The van der Waals surface area contributed by atoms with Crippen molar-refractivity contribution >= 4 is 29.8 Å². The first-order valence-corrected chi connectivity index (χ1v) is 11.7. The van der Waals surface area contributed by atoms with E-state index < -0.39 is 73.1 Å². The molecule has 1 aromatic rings. The molecule has 0 bridgehead atoms. The lowest BCUT2D eigenvalue weighted by Gasteiger charge is -2.39. The van der Waals surface area contributed by atoms with E-state index in [9.17, 15) is 55.2 Å². The zero-order chi connectivity index (χ0) is 28.6. The molecule has 1 fully saturated rings. The highest BCUT2D eigenvalue weighted by Gasteiger charge is 2.45. The fourth-order valence-electron chi connectivity index (χ4n) is 4.57. The second-order valence-electron chi connectivity index (χ2n) is 9.20. The number of nitrogens with one attached hydrogen (secondary N) is 1. The number of phenolic OH excluding ortho intramolecular Hbond substituents is 1. The highest BCUT2D eigenvalue weighted by molar-refractivity contribution is 5.89. The number of fused-ring (bicyclic) bond motifs is 1. The lowest BCUT2D eigenvalue weighted by atomic mass is 9.99. The molecule has 0 aliphatic carbocycles. The van der Waals surface area contributed by atoms with Crippen molar-refractivity contribution in [2.45, 2.75) is 55.6 Å². The van der Waals surface area contributed by atoms with Crippen LogP contribution in [0.15, 0.2) is 35.6 Å². The van der Waals surface area contributed by atoms with Crippen LogP contribution in [-0.4, -0.2) is 114 Å². The molecule has 0 aromatic heterocycles. The average molecular weight is 550 g/mol. The van der Waals surface area contributed by atoms with E-state index in [1.165, 1.54) is 35.1 Å². The number of hydrogen-bond donors (Lipinski definition) is 8. The Morgan fingerprint density at radius 3 is 2.46 bits per heavy atom. The van der Waals surface area contributed by atoms with Gasteiger partial charge in [0.1, 0.15) is 42.1 Å². The first-order chi connectivity index (χ1) is 18.4. The van der Waals surface area contributed by atoms with Crippen molar-refractivity contribution in [3.63, 3.8) is 0 Å². The SMILES string of the molecule is O=C(O)C1=C/C(=C\C=[N+]2c3cc(O)c(O[C@@H]4O[C@H](CO)[C@@H](O)[C@H](O)[C@H]4O)cc3C[C@@H]2C(=O)[O-])C[C@H](C(=O)O)N1. The molecular weight excluding hydrogens is 524 g/mol. The van der Waals surface area contributed by atoms with Crippen LogP contribution in [0, 0.1) is 0 Å². The van der Waals surface area contributed by atoms with E-state index in [4.69, 9.17) is 9.47 Å². The predicted molar refractivity (Wildman–Crippen MR) is 124 cm³/mol. The third-order valence-electron chi connectivity index (χ3n) is 6.63. The van der Waals surface area contributed by atoms with Crippen molar-refractivity contribution in [1.82, 2.24) is 5.32 Å². The summed E-state index contributed by atoms with van der Waals surface area (Å²) < 4.78 is 12.0. The molecule has 0 saturated carbocycles. The third kappa shape index (κ3) is 5.57. The zero-order valence-corrected chi connectivity index (χ0v) is 20.1. The molecule has 3 heterocycles. The molecule has 3 aliphatic rings. The Kier molecular flexibility index (Phi) is 7.89. The third-order valence-corrected chi connectivity index (χ3v) is 6.63. The maximum Gasteiger partial charge on any atom is 0.351 e. The molecular formula is C24H26N2O13. The van der Waals surface area contributed by atoms with Gasteiger partial charge in [0.15, 0.2) is 17.7 Å². The molecule has 210 valence electrons. The first kappa shape index (κ1) is 28.0. The van der Waals surface area contributed by atoms with Gasteiger partial charge in [0.05, 0.1) is 12.7 Å². The van der Waals surface area contributed by atoms with Crippen LogP contribution in [0.5, 0.6) is 11.5 Å². The summed E-state index contributed by atoms with van der Waals surface area (Å²) in [6.45, 7) is -0.693. The standard InChI is InChI=1S/C24H26N2O13/c27-8-17-18(29)19(30)20(31)24(39-17)38-16-6-10-5-14(23(36)37)26(13(10)7-15(16)28)2-1-9-3-11(21(32)33)25-12(4-9)22(34)35/h1-3,6-7,12,14,17-20,24,27,29-31H,4-5,8H2,(H4,28,32,33,34,35,36,37)/t12-,14-,17-,18-,19+,20-,24-/m1/s1. The summed E-state index contributed by atoms with van der Waals surface area (Å²) >= 11 is 0. The molecule has 3 aliphatic heterocycles. The summed E-state index contributed by atoms with van der Waals surface area (Å²) in [5, 5.41) is 82.9. The summed E-state index contributed by atoms with van der Waals surface area (Å²) in [7, 11) is 0. The van der Waals surface area contributed by atoms with E-state index in [-0.39, 0.29) is 35.5 Å². The molecule has 0 spiro atoms. The number of hydrogen-bond acceptors (Lipinski definition) is 12. The number of aliphatic hydroxyl groups is 4. The molecule has 15 nitrogen and oxygen atoms in total. The van der Waals surface area contributed by atoms with E-state index in [2.05, 4.69) is 5.32 Å². The Balaban J connectivity index is 1.66. The van der Waals surface area contributed by atoms with Gasteiger partial charge in [-0.2, -0.15) is 4.58 Å². The maximum absolute atomic E-state index is 11.9. The maximum atomic E-state index is 11.9. The van der Waals surface area contributed by atoms with Crippen LogP contribution in [0.2, 0.25) is 0 Å². The molecule has 0 unspecified atom stereocenters. The Morgan fingerprint density at radius 1 is 1.13 bits per heavy atom. The Bertz CT molecular complexity index is 1270. The second-order valence-corrected chi connectivity index (χ2v) is 9.20. The molecule has 0 radical (unpaired) electrons. The summed E-state index contributed by atoms with van der Waals surface area (Å²) in [5.41, 5.74) is 0.535. The minimum absolute atomic E-state index is 0.0869. The summed E-state index contributed by atoms with van der Waals surface area (Å²) in [6.07, 6.45) is -4.24. The monoisotopic (exact) mass is 550 g/mol. The number of aliphatic hydroxyl groups excluding tert-OH is 4. The number of nitrogens with zero attached hydrogens (tertiary/aromatic N) is 1. The number of benzene rings is 1. The number of rotatable bonds is 7. The van der Waals surface area contributed by atoms with E-state index in [0.29, 0.717) is 5.56 Å². The van der Waals surface area contributed by atoms with Crippen LogP contribution in [0.3, 0.4) is 0 Å². The second kappa shape index (κ2) is 11.0. The van der Waals surface area contributed by atoms with Crippen LogP contribution >= 0.6 is 0 Å². The number of carboxylic acid groups (broad SMARTS) is 3. The first-order valence-electron chi connectivity index (χ1n) is 11.7. The number of phenols is 1. The van der Waals surface area contributed by atoms with Crippen molar-refractivity contribution in [3.05, 3.63) is 41.1 Å². The van der Waals surface area contributed by atoms with E-state index in [0.717, 1.165) is 0 Å². The minimum atomic E-state index is -1.74. The Labute approximate surface area is 219 Å². The minimum Gasteiger partial charge on any atom is -0.543 e. The molecule has 4 rings (SSSR count). The fraction of sp³-hybridized carbons (Fsp3) is 0.417. The van der Waals surface area contributed by atoms with Crippen molar-refractivity contribution < 1.29 is 69.3 Å². The molecule has 1 aromatic carbocycles. The predicted octanol–water partition coefficient (Wildman–Crippen LogP) is -3.70. The van der Waals surface area contributed by atoms with E-state index >= 15 is 0 Å². The number of carbonyl (C=O) groups is 3. The van der Waals surface area contributed by atoms with Gasteiger partial charge >= 0.3 is 11.9 Å². The Hall–Kier alpha value is -4.02. The van der Waals surface area contributed by atoms with Crippen LogP contribution < -0.4 is 15.2 Å². The van der Waals surface area contributed by atoms with E-state index in [1.807, 2.05) is 0 Å². The fourth-order valence-corrected chi connectivity index (χ4v) is 4.57. The van der Waals surface area contributed by atoms with E-state index in [1.54, 1.807) is 0 Å². The normalized spacial score (nSPS) is 32.3. The van der Waals surface area contributed by atoms with Gasteiger partial charge in [0.2, 0.25) is 18.0 Å². The molecule has 0 amide bonds. The van der Waals surface area contributed by atoms with Gasteiger partial charge in [-0.3, -0.25) is 0 Å². The number of carboxylic acids is 3. The lowest BCUT2D eigenvalue weighted by Crippen LogP contribution is -2.60. The van der Waals surface area contributed by atoms with Crippen LogP contribution in [0.25, 0.3) is 0 Å². The van der Waals surface area contributed by atoms with Crippen LogP contribution in [-0.2, 0) is 25.5 Å². The lowest BCUT2D eigenvalue weighted by molar-refractivity contribution is -0.475. The smallest absolute Gasteiger partial charge is 0.351 e. The largest absolute Gasteiger partial charge is 0.543 e. The molecule has 8 N–H and O–H groups in total. The van der Waals surface area contributed by atoms with Crippen molar-refractivity contribution in [1.29, 1.82) is 0 Å². The summed E-state index contributed by atoms with van der Waals surface area (Å²) in [5.74, 6) is -4.86. The number of carbonyl (C=O) groups excluding carboxylic acids is 1. The van der Waals surface area contributed by atoms with Crippen molar-refractivity contribution in [2.75, 3.05) is 6.61 Å². The summed E-state index contributed by atoms with van der Waals surface area (Å²) in [6, 6.07) is -0.00207. The topological polar surface area (TPSA) is 249 Å². The molecule has 15 heteroatoms. The highest BCUT2D eigenvalue weighted by Crippen LogP contribution is 2.40. The van der Waals surface area contributed by atoms with Gasteiger partial charge in [-0.1, -0.05) is 0 Å².